The highest BCUT2D eigenvalue weighted by atomic mass is 19.1. The molecule has 2 aromatic rings. The number of hydrogen-bond donors (Lipinski definition) is 1. The molecule has 0 aliphatic rings. The summed E-state index contributed by atoms with van der Waals surface area (Å²) in [6.45, 7) is 0. The molecule has 2 aromatic heterocycles. The van der Waals surface area contributed by atoms with Gasteiger partial charge < -0.3 is 5.73 Å². The Morgan fingerprint density at radius 3 is 3.00 bits per heavy atom. The van der Waals surface area contributed by atoms with Gasteiger partial charge in [-0.3, -0.25) is 0 Å². The van der Waals surface area contributed by atoms with E-state index in [1.165, 1.54) is 6.33 Å². The van der Waals surface area contributed by atoms with E-state index in [1.54, 1.807) is 0 Å². The Hall–Kier alpha value is -1.72. The molecule has 11 heavy (non-hydrogen) atoms. The zero-order chi connectivity index (χ0) is 7.84. The quantitative estimate of drug-likeness (QED) is 0.571. The van der Waals surface area contributed by atoms with E-state index in [9.17, 15) is 4.39 Å². The fourth-order valence-electron chi connectivity index (χ4n) is 0.830. The second kappa shape index (κ2) is 1.88. The van der Waals surface area contributed by atoms with Crippen molar-refractivity contribution in [1.82, 2.24) is 19.8 Å². The van der Waals surface area contributed by atoms with Crippen molar-refractivity contribution in [2.45, 2.75) is 0 Å². The minimum Gasteiger partial charge on any atom is -0.382 e. The molecule has 0 saturated carbocycles. The van der Waals surface area contributed by atoms with Crippen LogP contribution in [0.2, 0.25) is 0 Å². The summed E-state index contributed by atoms with van der Waals surface area (Å²) in [5.41, 5.74) is 5.47. The minimum atomic E-state index is -0.511. The third kappa shape index (κ3) is 0.721. The lowest BCUT2D eigenvalue weighted by Crippen LogP contribution is -2.00. The van der Waals surface area contributed by atoms with Crippen LogP contribution in [-0.2, 0) is 0 Å². The lowest BCUT2D eigenvalue weighted by molar-refractivity contribution is 0.638. The molecular formula is C5H4FN5. The van der Waals surface area contributed by atoms with Crippen LogP contribution < -0.4 is 5.73 Å². The first kappa shape index (κ1) is 6.02. The SMILES string of the molecule is Nc1ncnn2ncc(F)c12. The number of rotatable bonds is 0. The third-order valence-corrected chi connectivity index (χ3v) is 1.31. The molecule has 0 spiro atoms. The Morgan fingerprint density at radius 1 is 1.45 bits per heavy atom. The maximum Gasteiger partial charge on any atom is 0.174 e. The maximum atomic E-state index is 12.8. The summed E-state index contributed by atoms with van der Waals surface area (Å²) in [7, 11) is 0. The standard InChI is InChI=1S/C5H4FN5/c6-3-1-9-11-4(3)5(7)8-2-10-11/h1-2H,(H2,7,8,10). The Balaban J connectivity index is 2.96. The first-order chi connectivity index (χ1) is 5.29. The van der Waals surface area contributed by atoms with Crippen molar-refractivity contribution in [2.24, 2.45) is 0 Å². The van der Waals surface area contributed by atoms with E-state index in [0.29, 0.717) is 0 Å². The molecule has 0 atom stereocenters. The molecule has 56 valence electrons. The number of nitrogens with two attached hydrogens (primary N) is 1. The van der Waals surface area contributed by atoms with Crippen molar-refractivity contribution in [3.63, 3.8) is 0 Å². The van der Waals surface area contributed by atoms with E-state index in [4.69, 9.17) is 5.73 Å². The van der Waals surface area contributed by atoms with Crippen LogP contribution in [0.25, 0.3) is 5.52 Å². The van der Waals surface area contributed by atoms with Gasteiger partial charge in [-0.05, 0) is 0 Å². The van der Waals surface area contributed by atoms with Crippen LogP contribution in [0.4, 0.5) is 10.2 Å². The van der Waals surface area contributed by atoms with Crippen molar-refractivity contribution in [3.8, 4) is 0 Å². The van der Waals surface area contributed by atoms with E-state index in [-0.39, 0.29) is 11.3 Å². The highest BCUT2D eigenvalue weighted by molar-refractivity contribution is 5.63. The molecule has 6 heteroatoms. The van der Waals surface area contributed by atoms with Gasteiger partial charge >= 0.3 is 0 Å². The Kier molecular flexibility index (Phi) is 1.03. The van der Waals surface area contributed by atoms with Gasteiger partial charge in [-0.1, -0.05) is 0 Å². The van der Waals surface area contributed by atoms with Crippen LogP contribution in [0.5, 0.6) is 0 Å². The number of aromatic nitrogens is 4. The van der Waals surface area contributed by atoms with Crippen molar-refractivity contribution in [1.29, 1.82) is 0 Å². The number of hydrogen-bond acceptors (Lipinski definition) is 4. The van der Waals surface area contributed by atoms with Crippen LogP contribution >= 0.6 is 0 Å². The summed E-state index contributed by atoms with van der Waals surface area (Å²) in [6.07, 6.45) is 2.26. The number of nitrogen functional groups attached to an aromatic ring is 1. The predicted molar refractivity (Wildman–Crippen MR) is 35.2 cm³/mol. The lowest BCUT2D eigenvalue weighted by atomic mass is 10.5. The molecule has 0 aliphatic heterocycles. The molecule has 0 saturated heterocycles. The first-order valence-corrected chi connectivity index (χ1v) is 2.89. The van der Waals surface area contributed by atoms with Gasteiger partial charge in [-0.15, -0.1) is 9.73 Å². The zero-order valence-electron chi connectivity index (χ0n) is 5.40. The van der Waals surface area contributed by atoms with Gasteiger partial charge in [0.2, 0.25) is 0 Å². The first-order valence-electron chi connectivity index (χ1n) is 2.89. The van der Waals surface area contributed by atoms with Crippen LogP contribution in [-0.4, -0.2) is 19.8 Å². The van der Waals surface area contributed by atoms with E-state index >= 15 is 0 Å². The Labute approximate surface area is 60.7 Å². The molecule has 0 aromatic carbocycles. The average molecular weight is 153 g/mol. The highest BCUT2D eigenvalue weighted by Gasteiger charge is 2.06. The summed E-state index contributed by atoms with van der Waals surface area (Å²) in [5.74, 6) is -0.418. The van der Waals surface area contributed by atoms with Crippen molar-refractivity contribution in [2.75, 3.05) is 5.73 Å². The largest absolute Gasteiger partial charge is 0.382 e. The van der Waals surface area contributed by atoms with Gasteiger partial charge in [0.05, 0.1) is 6.20 Å². The zero-order valence-corrected chi connectivity index (χ0v) is 5.40. The molecule has 5 nitrogen and oxygen atoms in total. The summed E-state index contributed by atoms with van der Waals surface area (Å²) in [6, 6.07) is 0. The highest BCUT2D eigenvalue weighted by Crippen LogP contribution is 2.11. The number of halogens is 1. The second-order valence-corrected chi connectivity index (χ2v) is 1.98. The van der Waals surface area contributed by atoms with Crippen LogP contribution in [0, 0.1) is 5.82 Å². The van der Waals surface area contributed by atoms with E-state index in [2.05, 4.69) is 15.2 Å². The Bertz CT molecular complexity index is 395. The summed E-state index contributed by atoms with van der Waals surface area (Å²) < 4.78 is 13.9. The molecular weight excluding hydrogens is 149 g/mol. The fourth-order valence-corrected chi connectivity index (χ4v) is 0.830. The third-order valence-electron chi connectivity index (χ3n) is 1.31. The molecule has 0 fully saturated rings. The summed E-state index contributed by atoms with van der Waals surface area (Å²) >= 11 is 0. The molecule has 0 unspecified atom stereocenters. The molecule has 2 rings (SSSR count). The van der Waals surface area contributed by atoms with Gasteiger partial charge in [0.25, 0.3) is 0 Å². The maximum absolute atomic E-state index is 12.8. The van der Waals surface area contributed by atoms with Crippen LogP contribution in [0.15, 0.2) is 12.5 Å². The topological polar surface area (TPSA) is 69.1 Å². The van der Waals surface area contributed by atoms with E-state index < -0.39 is 5.82 Å². The van der Waals surface area contributed by atoms with Crippen molar-refractivity contribution in [3.05, 3.63) is 18.3 Å². The number of nitrogens with zero attached hydrogens (tertiary/aromatic N) is 4. The summed E-state index contributed by atoms with van der Waals surface area (Å²) in [4.78, 5) is 3.61. The van der Waals surface area contributed by atoms with Gasteiger partial charge in [0, 0.05) is 0 Å². The van der Waals surface area contributed by atoms with E-state index in [1.807, 2.05) is 0 Å². The molecule has 2 heterocycles. The Morgan fingerprint density at radius 2 is 2.27 bits per heavy atom. The molecule has 0 amide bonds. The molecule has 0 radical (unpaired) electrons. The second-order valence-electron chi connectivity index (χ2n) is 1.98. The average Bonchev–Trinajstić information content (AvgIpc) is 2.34. The number of anilines is 1. The van der Waals surface area contributed by atoms with Gasteiger partial charge in [0.15, 0.2) is 17.2 Å². The fraction of sp³-hybridized carbons (Fsp3) is 0. The minimum absolute atomic E-state index is 0.0926. The van der Waals surface area contributed by atoms with Gasteiger partial charge in [-0.25, -0.2) is 9.37 Å². The van der Waals surface area contributed by atoms with Gasteiger partial charge in [0.1, 0.15) is 6.33 Å². The monoisotopic (exact) mass is 153 g/mol. The van der Waals surface area contributed by atoms with E-state index in [0.717, 1.165) is 10.8 Å². The lowest BCUT2D eigenvalue weighted by Gasteiger charge is -1.92. The molecule has 0 bridgehead atoms. The summed E-state index contributed by atoms with van der Waals surface area (Å²) in [5, 5.41) is 7.23. The smallest absolute Gasteiger partial charge is 0.174 e. The molecule has 0 aliphatic carbocycles. The van der Waals surface area contributed by atoms with Gasteiger partial charge in [-0.2, -0.15) is 5.10 Å². The molecule has 2 N–H and O–H groups in total. The van der Waals surface area contributed by atoms with Crippen LogP contribution in [0.1, 0.15) is 0 Å². The number of fused-ring (bicyclic) bond motifs is 1. The van der Waals surface area contributed by atoms with Crippen molar-refractivity contribution < 1.29 is 4.39 Å². The van der Waals surface area contributed by atoms with Crippen LogP contribution in [0.3, 0.4) is 0 Å². The predicted octanol–water partition coefficient (Wildman–Crippen LogP) is -0.154. The van der Waals surface area contributed by atoms with Crippen molar-refractivity contribution >= 4 is 11.3 Å². The normalized spacial score (nSPS) is 10.6.